The Labute approximate surface area is 133 Å². The molecule has 6 heteroatoms. The zero-order chi connectivity index (χ0) is 14.9. The zero-order valence-electron chi connectivity index (χ0n) is 11.5. The molecule has 0 saturated heterocycles. The molecular weight excluding hydrogens is 309 g/mol. The van der Waals surface area contributed by atoms with E-state index in [-0.39, 0.29) is 5.92 Å². The van der Waals surface area contributed by atoms with E-state index in [1.165, 1.54) is 6.33 Å². The summed E-state index contributed by atoms with van der Waals surface area (Å²) in [4.78, 5) is 3.93. The molecule has 2 atom stereocenters. The van der Waals surface area contributed by atoms with Gasteiger partial charge in [-0.1, -0.05) is 35.7 Å². The van der Waals surface area contributed by atoms with E-state index in [1.807, 2.05) is 12.1 Å². The van der Waals surface area contributed by atoms with Crippen LogP contribution in [0.2, 0.25) is 10.0 Å². The largest absolute Gasteiger partial charge is 0.388 e. The lowest BCUT2D eigenvalue weighted by atomic mass is 9.85. The Hall–Kier alpha value is -1.10. The van der Waals surface area contributed by atoms with Crippen molar-refractivity contribution in [3.8, 4) is 0 Å². The summed E-state index contributed by atoms with van der Waals surface area (Å²) in [5, 5.41) is 16.4. The summed E-state index contributed by atoms with van der Waals surface area (Å²) in [6.07, 6.45) is 6.67. The van der Waals surface area contributed by atoms with Crippen molar-refractivity contribution in [3.05, 3.63) is 46.5 Å². The van der Waals surface area contributed by atoms with Gasteiger partial charge in [-0.15, -0.1) is 0 Å². The summed E-state index contributed by atoms with van der Waals surface area (Å²) in [5.41, 5.74) is 0.279. The molecule has 1 saturated carbocycles. The van der Waals surface area contributed by atoms with E-state index in [9.17, 15) is 5.11 Å². The topological polar surface area (TPSA) is 50.9 Å². The number of aliphatic hydroxyl groups is 1. The Kier molecular flexibility index (Phi) is 4.20. The molecule has 21 heavy (non-hydrogen) atoms. The van der Waals surface area contributed by atoms with Crippen molar-refractivity contribution >= 4 is 23.2 Å². The van der Waals surface area contributed by atoms with Gasteiger partial charge in [-0.3, -0.25) is 4.68 Å². The van der Waals surface area contributed by atoms with Gasteiger partial charge in [0.1, 0.15) is 12.7 Å². The predicted molar refractivity (Wildman–Crippen MR) is 82.5 cm³/mol. The van der Waals surface area contributed by atoms with Crippen molar-refractivity contribution in [1.29, 1.82) is 0 Å². The van der Waals surface area contributed by atoms with E-state index in [1.54, 1.807) is 17.1 Å². The van der Waals surface area contributed by atoms with E-state index < -0.39 is 5.60 Å². The van der Waals surface area contributed by atoms with Crippen molar-refractivity contribution in [2.24, 2.45) is 5.92 Å². The SMILES string of the molecule is OC1(Cn2cncn2)CCCC1Cc1ccc(Cl)cc1Cl. The van der Waals surface area contributed by atoms with E-state index in [2.05, 4.69) is 10.1 Å². The second-order valence-electron chi connectivity index (χ2n) is 5.73. The fourth-order valence-electron chi connectivity index (χ4n) is 3.18. The molecular formula is C15H17Cl2N3O. The molecule has 0 bridgehead atoms. The molecule has 0 spiro atoms. The molecule has 0 radical (unpaired) electrons. The first-order valence-electron chi connectivity index (χ1n) is 7.05. The van der Waals surface area contributed by atoms with E-state index in [4.69, 9.17) is 23.2 Å². The van der Waals surface area contributed by atoms with Crippen LogP contribution in [0, 0.1) is 5.92 Å². The maximum absolute atomic E-state index is 11.0. The number of aromatic nitrogens is 3. The third-order valence-corrected chi connectivity index (χ3v) is 4.89. The predicted octanol–water partition coefficient (Wildman–Crippen LogP) is 3.36. The summed E-state index contributed by atoms with van der Waals surface area (Å²) in [6, 6.07) is 5.54. The van der Waals surface area contributed by atoms with Crippen molar-refractivity contribution in [1.82, 2.24) is 14.8 Å². The first-order chi connectivity index (χ1) is 10.1. The number of nitrogens with zero attached hydrogens (tertiary/aromatic N) is 3. The molecule has 2 unspecified atom stereocenters. The summed E-state index contributed by atoms with van der Waals surface area (Å²) in [5.74, 6) is 0.167. The van der Waals surface area contributed by atoms with Gasteiger partial charge < -0.3 is 5.11 Å². The Morgan fingerprint density at radius 2 is 2.24 bits per heavy atom. The number of benzene rings is 1. The molecule has 1 heterocycles. The second-order valence-corrected chi connectivity index (χ2v) is 6.57. The van der Waals surface area contributed by atoms with Crippen LogP contribution in [0.5, 0.6) is 0 Å². The highest BCUT2D eigenvalue weighted by molar-refractivity contribution is 6.35. The van der Waals surface area contributed by atoms with E-state index in [0.29, 0.717) is 16.6 Å². The fraction of sp³-hybridized carbons (Fsp3) is 0.467. The van der Waals surface area contributed by atoms with Gasteiger partial charge in [0.05, 0.1) is 12.1 Å². The number of rotatable bonds is 4. The minimum Gasteiger partial charge on any atom is -0.388 e. The second kappa shape index (κ2) is 5.95. The Morgan fingerprint density at radius 3 is 2.95 bits per heavy atom. The average Bonchev–Trinajstić information content (AvgIpc) is 3.04. The van der Waals surface area contributed by atoms with Crippen LogP contribution in [-0.4, -0.2) is 25.5 Å². The first kappa shape index (κ1) is 14.8. The molecule has 1 aliphatic rings. The normalized spacial score (nSPS) is 25.4. The third kappa shape index (κ3) is 3.23. The minimum absolute atomic E-state index is 0.167. The highest BCUT2D eigenvalue weighted by Crippen LogP contribution is 2.40. The lowest BCUT2D eigenvalue weighted by Gasteiger charge is -2.30. The lowest BCUT2D eigenvalue weighted by molar-refractivity contribution is -0.0163. The highest BCUT2D eigenvalue weighted by atomic mass is 35.5. The van der Waals surface area contributed by atoms with Crippen molar-refractivity contribution < 1.29 is 5.11 Å². The van der Waals surface area contributed by atoms with Crippen LogP contribution < -0.4 is 0 Å². The van der Waals surface area contributed by atoms with Crippen LogP contribution in [-0.2, 0) is 13.0 Å². The van der Waals surface area contributed by atoms with E-state index >= 15 is 0 Å². The molecule has 0 aliphatic heterocycles. The van der Waals surface area contributed by atoms with Gasteiger partial charge in [0.25, 0.3) is 0 Å². The van der Waals surface area contributed by atoms with Gasteiger partial charge in [-0.05, 0) is 42.9 Å². The number of hydrogen-bond acceptors (Lipinski definition) is 3. The van der Waals surface area contributed by atoms with Crippen LogP contribution >= 0.6 is 23.2 Å². The Morgan fingerprint density at radius 1 is 1.38 bits per heavy atom. The molecule has 1 aliphatic carbocycles. The summed E-state index contributed by atoms with van der Waals surface area (Å²) >= 11 is 12.2. The van der Waals surface area contributed by atoms with Crippen LogP contribution in [0.3, 0.4) is 0 Å². The molecule has 1 aromatic heterocycles. The van der Waals surface area contributed by atoms with Crippen LogP contribution in [0.25, 0.3) is 0 Å². The molecule has 2 aromatic rings. The van der Waals surface area contributed by atoms with Crippen LogP contribution in [0.1, 0.15) is 24.8 Å². The highest BCUT2D eigenvalue weighted by Gasteiger charge is 2.41. The summed E-state index contributed by atoms with van der Waals surface area (Å²) < 4.78 is 1.70. The number of halogens is 2. The van der Waals surface area contributed by atoms with Crippen molar-refractivity contribution in [3.63, 3.8) is 0 Å². The molecule has 4 nitrogen and oxygen atoms in total. The van der Waals surface area contributed by atoms with Gasteiger partial charge in [0.2, 0.25) is 0 Å². The quantitative estimate of drug-likeness (QED) is 0.937. The Bertz CT molecular complexity index is 617. The monoisotopic (exact) mass is 325 g/mol. The third-order valence-electron chi connectivity index (χ3n) is 4.31. The molecule has 1 N–H and O–H groups in total. The lowest BCUT2D eigenvalue weighted by Crippen LogP contribution is -2.39. The number of hydrogen-bond donors (Lipinski definition) is 1. The van der Waals surface area contributed by atoms with Gasteiger partial charge >= 0.3 is 0 Å². The molecule has 3 rings (SSSR count). The summed E-state index contributed by atoms with van der Waals surface area (Å²) in [6.45, 7) is 0.475. The van der Waals surface area contributed by atoms with E-state index in [0.717, 1.165) is 31.2 Å². The maximum Gasteiger partial charge on any atom is 0.137 e. The Balaban J connectivity index is 1.77. The fourth-order valence-corrected chi connectivity index (χ4v) is 3.66. The van der Waals surface area contributed by atoms with Gasteiger partial charge in [-0.2, -0.15) is 5.10 Å². The smallest absolute Gasteiger partial charge is 0.137 e. The molecule has 0 amide bonds. The van der Waals surface area contributed by atoms with Crippen LogP contribution in [0.4, 0.5) is 0 Å². The van der Waals surface area contributed by atoms with Crippen LogP contribution in [0.15, 0.2) is 30.9 Å². The van der Waals surface area contributed by atoms with Gasteiger partial charge in [0, 0.05) is 10.0 Å². The standard InChI is InChI=1S/C15H17Cl2N3O/c16-13-4-3-11(14(17)7-13)6-12-2-1-5-15(12,21)8-20-10-18-9-19-20/h3-4,7,9-10,12,21H,1-2,5-6,8H2. The van der Waals surface area contributed by atoms with Gasteiger partial charge in [0.15, 0.2) is 0 Å². The zero-order valence-corrected chi connectivity index (χ0v) is 13.1. The molecule has 112 valence electrons. The first-order valence-corrected chi connectivity index (χ1v) is 7.81. The van der Waals surface area contributed by atoms with Gasteiger partial charge in [-0.25, -0.2) is 4.98 Å². The minimum atomic E-state index is -0.753. The summed E-state index contributed by atoms with van der Waals surface area (Å²) in [7, 11) is 0. The van der Waals surface area contributed by atoms with Crippen molar-refractivity contribution in [2.45, 2.75) is 37.8 Å². The maximum atomic E-state index is 11.0. The van der Waals surface area contributed by atoms with Crippen molar-refractivity contribution in [2.75, 3.05) is 0 Å². The molecule has 1 aromatic carbocycles. The molecule has 1 fully saturated rings. The average molecular weight is 326 g/mol.